The van der Waals surface area contributed by atoms with E-state index < -0.39 is 0 Å². The van der Waals surface area contributed by atoms with Crippen LogP contribution >= 0.6 is 0 Å². The third-order valence-electron chi connectivity index (χ3n) is 6.53. The van der Waals surface area contributed by atoms with Crippen molar-refractivity contribution in [3.05, 3.63) is 82.9 Å². The van der Waals surface area contributed by atoms with Crippen molar-refractivity contribution in [2.45, 2.75) is 27.2 Å². The Bertz CT molecular complexity index is 1510. The van der Waals surface area contributed by atoms with E-state index in [-0.39, 0.29) is 0 Å². The average molecular weight is 391 g/mol. The standard InChI is InChI=1S/C26H23N4/c1-15-9-10-19-22(11-15)27-14-29(4)26(19)20-12-18-13-24-28-21-7-5-6-8-23(21)30(24)25(18)17(3)16(20)2/h5-12,14H,13H2,1-4H3/q+1. The number of fused-ring (bicyclic) bond motifs is 6. The van der Waals surface area contributed by atoms with E-state index in [1.165, 1.54) is 50.1 Å². The fraction of sp³-hybridized carbons (Fsp3) is 0.192. The van der Waals surface area contributed by atoms with E-state index in [4.69, 9.17) is 4.98 Å². The molecule has 0 fully saturated rings. The summed E-state index contributed by atoms with van der Waals surface area (Å²) in [5, 5.41) is 1.19. The molecule has 0 atom stereocenters. The molecule has 0 N–H and O–H groups in total. The SMILES string of the molecule is Cc1ccc2c(-c3cc4c(c(C)c3C)-n3c(nc5ccccc53)C4)[n+](C)cnc2c1. The van der Waals surface area contributed by atoms with Crippen molar-refractivity contribution in [1.29, 1.82) is 0 Å². The molecule has 0 spiro atoms. The molecule has 3 aromatic carbocycles. The molecule has 0 unspecified atom stereocenters. The first-order valence-electron chi connectivity index (χ1n) is 10.4. The molecule has 0 saturated carbocycles. The van der Waals surface area contributed by atoms with E-state index in [1.807, 2.05) is 6.33 Å². The van der Waals surface area contributed by atoms with E-state index in [2.05, 4.69) is 90.5 Å². The first-order valence-corrected chi connectivity index (χ1v) is 10.4. The zero-order valence-corrected chi connectivity index (χ0v) is 17.7. The predicted molar refractivity (Wildman–Crippen MR) is 120 cm³/mol. The number of aromatic nitrogens is 4. The van der Waals surface area contributed by atoms with Crippen LogP contribution in [0.15, 0.2) is 54.9 Å². The van der Waals surface area contributed by atoms with Gasteiger partial charge in [-0.3, -0.25) is 4.57 Å². The molecule has 0 amide bonds. The second-order valence-electron chi connectivity index (χ2n) is 8.44. The maximum Gasteiger partial charge on any atom is 0.287 e. The van der Waals surface area contributed by atoms with Gasteiger partial charge in [0.1, 0.15) is 11.5 Å². The molecular formula is C26H23N4+. The van der Waals surface area contributed by atoms with Gasteiger partial charge in [-0.15, -0.1) is 0 Å². The van der Waals surface area contributed by atoms with Crippen molar-refractivity contribution in [1.82, 2.24) is 14.5 Å². The molecule has 5 aromatic rings. The Morgan fingerprint density at radius 2 is 1.77 bits per heavy atom. The van der Waals surface area contributed by atoms with Gasteiger partial charge in [0.15, 0.2) is 5.52 Å². The van der Waals surface area contributed by atoms with Crippen LogP contribution in [0, 0.1) is 20.8 Å². The van der Waals surface area contributed by atoms with Gasteiger partial charge in [0.05, 0.1) is 29.2 Å². The Morgan fingerprint density at radius 3 is 2.63 bits per heavy atom. The lowest BCUT2D eigenvalue weighted by Gasteiger charge is -2.16. The van der Waals surface area contributed by atoms with Crippen molar-refractivity contribution in [3.8, 4) is 16.9 Å². The molecule has 0 aliphatic carbocycles. The summed E-state index contributed by atoms with van der Waals surface area (Å²) < 4.78 is 4.50. The highest BCUT2D eigenvalue weighted by molar-refractivity contribution is 5.93. The fourth-order valence-corrected chi connectivity index (χ4v) is 4.96. The molecule has 4 heteroatoms. The Balaban J connectivity index is 1.65. The van der Waals surface area contributed by atoms with Crippen molar-refractivity contribution in [2.75, 3.05) is 0 Å². The molecule has 4 nitrogen and oxygen atoms in total. The number of imidazole rings is 1. The minimum Gasteiger partial charge on any atom is -0.295 e. The molecule has 146 valence electrons. The first-order chi connectivity index (χ1) is 14.5. The molecule has 0 saturated heterocycles. The van der Waals surface area contributed by atoms with Crippen LogP contribution in [0.5, 0.6) is 0 Å². The summed E-state index contributed by atoms with van der Waals surface area (Å²) in [7, 11) is 2.09. The highest BCUT2D eigenvalue weighted by atomic mass is 15.1. The lowest BCUT2D eigenvalue weighted by Crippen LogP contribution is -2.32. The number of hydrogen-bond acceptors (Lipinski definition) is 2. The monoisotopic (exact) mass is 391 g/mol. The minimum atomic E-state index is 0.865. The average Bonchev–Trinajstić information content (AvgIpc) is 3.26. The normalized spacial score (nSPS) is 12.5. The molecule has 1 aliphatic rings. The number of rotatable bonds is 1. The quantitative estimate of drug-likeness (QED) is 0.374. The lowest BCUT2D eigenvalue weighted by atomic mass is 9.93. The minimum absolute atomic E-state index is 0.865. The van der Waals surface area contributed by atoms with Gasteiger partial charge in [0.2, 0.25) is 0 Å². The summed E-state index contributed by atoms with van der Waals surface area (Å²) in [6.07, 6.45) is 2.79. The molecule has 0 radical (unpaired) electrons. The van der Waals surface area contributed by atoms with Crippen molar-refractivity contribution in [3.63, 3.8) is 0 Å². The van der Waals surface area contributed by atoms with Crippen LogP contribution < -0.4 is 4.57 Å². The molecular weight excluding hydrogens is 368 g/mol. The summed E-state index contributed by atoms with van der Waals surface area (Å²) in [5.41, 5.74) is 12.3. The van der Waals surface area contributed by atoms with E-state index in [1.54, 1.807) is 0 Å². The van der Waals surface area contributed by atoms with Crippen LogP contribution in [-0.2, 0) is 13.5 Å². The van der Waals surface area contributed by atoms with Gasteiger partial charge in [-0.05, 0) is 78.3 Å². The Kier molecular flexibility index (Phi) is 3.46. The zero-order valence-electron chi connectivity index (χ0n) is 17.7. The van der Waals surface area contributed by atoms with Crippen LogP contribution in [0.4, 0.5) is 0 Å². The van der Waals surface area contributed by atoms with E-state index in [9.17, 15) is 0 Å². The maximum atomic E-state index is 4.91. The van der Waals surface area contributed by atoms with Gasteiger partial charge in [0, 0.05) is 12.0 Å². The number of benzene rings is 3. The van der Waals surface area contributed by atoms with Crippen molar-refractivity contribution >= 4 is 21.9 Å². The second kappa shape index (κ2) is 5.99. The topological polar surface area (TPSA) is 34.6 Å². The summed E-state index contributed by atoms with van der Waals surface area (Å²) in [5.74, 6) is 1.13. The summed E-state index contributed by atoms with van der Waals surface area (Å²) in [6.45, 7) is 6.60. The largest absolute Gasteiger partial charge is 0.295 e. The molecule has 3 heterocycles. The van der Waals surface area contributed by atoms with E-state index in [0.29, 0.717) is 0 Å². The predicted octanol–water partition coefficient (Wildman–Crippen LogP) is 4.89. The van der Waals surface area contributed by atoms with E-state index in [0.717, 1.165) is 23.3 Å². The van der Waals surface area contributed by atoms with Crippen molar-refractivity contribution in [2.24, 2.45) is 7.05 Å². The van der Waals surface area contributed by atoms with Gasteiger partial charge >= 0.3 is 0 Å². The first kappa shape index (κ1) is 17.3. The number of aryl methyl sites for hydroxylation is 2. The third-order valence-corrected chi connectivity index (χ3v) is 6.53. The lowest BCUT2D eigenvalue weighted by molar-refractivity contribution is -0.662. The molecule has 2 aromatic heterocycles. The van der Waals surface area contributed by atoms with Crippen LogP contribution in [0.2, 0.25) is 0 Å². The van der Waals surface area contributed by atoms with Crippen LogP contribution in [0.1, 0.15) is 28.1 Å². The highest BCUT2D eigenvalue weighted by Gasteiger charge is 2.28. The molecule has 1 aliphatic heterocycles. The number of para-hydroxylation sites is 2. The Morgan fingerprint density at radius 1 is 0.933 bits per heavy atom. The fourth-order valence-electron chi connectivity index (χ4n) is 4.96. The molecule has 6 rings (SSSR count). The maximum absolute atomic E-state index is 4.91. The summed E-state index contributed by atoms with van der Waals surface area (Å²) in [4.78, 5) is 9.57. The second-order valence-corrected chi connectivity index (χ2v) is 8.44. The van der Waals surface area contributed by atoms with Crippen molar-refractivity contribution < 1.29 is 4.57 Å². The summed E-state index contributed by atoms with van der Waals surface area (Å²) >= 11 is 0. The summed E-state index contributed by atoms with van der Waals surface area (Å²) in [6, 6.07) is 17.3. The zero-order chi connectivity index (χ0) is 20.6. The van der Waals surface area contributed by atoms with Gasteiger partial charge in [-0.1, -0.05) is 18.2 Å². The van der Waals surface area contributed by atoms with Crippen LogP contribution in [0.25, 0.3) is 38.9 Å². The number of hydrogen-bond donors (Lipinski definition) is 0. The molecule has 30 heavy (non-hydrogen) atoms. The number of nitrogens with zero attached hydrogens (tertiary/aromatic N) is 4. The smallest absolute Gasteiger partial charge is 0.287 e. The molecule has 0 bridgehead atoms. The van der Waals surface area contributed by atoms with Gasteiger partial charge < -0.3 is 0 Å². The third kappa shape index (κ3) is 2.25. The van der Waals surface area contributed by atoms with Gasteiger partial charge in [-0.25, -0.2) is 9.55 Å². The van der Waals surface area contributed by atoms with Gasteiger partial charge in [0.25, 0.3) is 6.33 Å². The Hall–Kier alpha value is -3.53. The van der Waals surface area contributed by atoms with Crippen LogP contribution in [-0.4, -0.2) is 14.5 Å². The highest BCUT2D eigenvalue weighted by Crippen LogP contribution is 2.40. The van der Waals surface area contributed by atoms with Crippen LogP contribution in [0.3, 0.4) is 0 Å². The van der Waals surface area contributed by atoms with E-state index >= 15 is 0 Å². The van der Waals surface area contributed by atoms with Gasteiger partial charge in [-0.2, -0.15) is 0 Å². The Labute approximate surface area is 175 Å².